The highest BCUT2D eigenvalue weighted by Gasteiger charge is 2.43. The fraction of sp³-hybridized carbons (Fsp3) is 0.192. The average molecular weight is 456 g/mol. The third-order valence-electron chi connectivity index (χ3n) is 6.14. The summed E-state index contributed by atoms with van der Waals surface area (Å²) in [6.07, 6.45) is 5.50. The van der Waals surface area contributed by atoms with E-state index < -0.39 is 0 Å². The van der Waals surface area contributed by atoms with Crippen molar-refractivity contribution in [3.8, 4) is 11.4 Å². The summed E-state index contributed by atoms with van der Waals surface area (Å²) < 4.78 is 7.94. The summed E-state index contributed by atoms with van der Waals surface area (Å²) in [5.41, 5.74) is 6.34. The monoisotopic (exact) mass is 455 g/mol. The van der Waals surface area contributed by atoms with Crippen molar-refractivity contribution in [3.63, 3.8) is 0 Å². The van der Waals surface area contributed by atoms with Gasteiger partial charge in [0.15, 0.2) is 5.11 Å². The molecule has 2 atom stereocenters. The molecular weight excluding hydrogens is 430 g/mol. The Morgan fingerprint density at radius 2 is 1.82 bits per heavy atom. The molecule has 1 N–H and O–H groups in total. The number of hydrogen-bond donors (Lipinski definition) is 1. The molecule has 5 rings (SSSR count). The third-order valence-corrected chi connectivity index (χ3v) is 6.45. The van der Waals surface area contributed by atoms with Gasteiger partial charge in [0.25, 0.3) is 0 Å². The topological polar surface area (TPSA) is 55.2 Å². The summed E-state index contributed by atoms with van der Waals surface area (Å²) in [5.74, 6) is 0.773. The summed E-state index contributed by atoms with van der Waals surface area (Å²) in [7, 11) is 1.69. The van der Waals surface area contributed by atoms with E-state index in [-0.39, 0.29) is 12.1 Å². The quantitative estimate of drug-likeness (QED) is 0.424. The molecular formula is C26H25N5OS. The SMILES string of the molecule is COc1ccccc1N1C(=S)N[C@H](c2ccccn2)[C@@H]1c1cc(C)n(-c2cccnc2)c1C. The smallest absolute Gasteiger partial charge is 0.174 e. The molecule has 166 valence electrons. The van der Waals surface area contributed by atoms with Gasteiger partial charge in [-0.15, -0.1) is 0 Å². The first kappa shape index (κ1) is 21.2. The molecule has 0 aliphatic carbocycles. The van der Waals surface area contributed by atoms with Crippen LogP contribution in [0, 0.1) is 13.8 Å². The molecule has 6 nitrogen and oxygen atoms in total. The molecule has 33 heavy (non-hydrogen) atoms. The largest absolute Gasteiger partial charge is 0.495 e. The molecule has 1 aliphatic heterocycles. The maximum Gasteiger partial charge on any atom is 0.174 e. The van der Waals surface area contributed by atoms with Gasteiger partial charge in [-0.3, -0.25) is 9.97 Å². The van der Waals surface area contributed by atoms with Crippen LogP contribution in [0.3, 0.4) is 0 Å². The van der Waals surface area contributed by atoms with Crippen LogP contribution in [-0.2, 0) is 0 Å². The zero-order valence-corrected chi connectivity index (χ0v) is 19.6. The van der Waals surface area contributed by atoms with Crippen LogP contribution in [0.4, 0.5) is 5.69 Å². The Bertz CT molecular complexity index is 1290. The van der Waals surface area contributed by atoms with Crippen molar-refractivity contribution in [3.05, 3.63) is 102 Å². The standard InChI is InChI=1S/C26H25N5OS/c1-17-15-20(18(2)30(17)19-9-8-13-27-16-19)25-24(21-10-6-7-14-28-21)29-26(33)31(25)22-11-4-5-12-23(22)32-3/h4-16,24-25H,1-3H3,(H,29,33)/t24-,25+/m1/s1. The Morgan fingerprint density at radius 1 is 1.00 bits per heavy atom. The molecule has 0 radical (unpaired) electrons. The van der Waals surface area contributed by atoms with E-state index in [0.717, 1.165) is 34.2 Å². The number of para-hydroxylation sites is 2. The molecule has 4 aromatic rings. The number of hydrogen-bond acceptors (Lipinski definition) is 4. The summed E-state index contributed by atoms with van der Waals surface area (Å²) in [4.78, 5) is 11.1. The lowest BCUT2D eigenvalue weighted by atomic mass is 9.96. The third kappa shape index (κ3) is 3.64. The average Bonchev–Trinajstić information content (AvgIpc) is 3.35. The van der Waals surface area contributed by atoms with E-state index in [1.807, 2.05) is 60.9 Å². The first-order valence-electron chi connectivity index (χ1n) is 10.8. The number of anilines is 1. The molecule has 1 saturated heterocycles. The number of nitrogens with zero attached hydrogens (tertiary/aromatic N) is 4. The number of ether oxygens (including phenoxy) is 1. The van der Waals surface area contributed by atoms with E-state index >= 15 is 0 Å². The van der Waals surface area contributed by atoms with Gasteiger partial charge in [0, 0.05) is 23.8 Å². The van der Waals surface area contributed by atoms with Gasteiger partial charge in [-0.1, -0.05) is 18.2 Å². The van der Waals surface area contributed by atoms with Gasteiger partial charge in [-0.2, -0.15) is 0 Å². The Kier molecular flexibility index (Phi) is 5.56. The molecule has 0 amide bonds. The molecule has 1 aromatic carbocycles. The molecule has 4 heterocycles. The minimum Gasteiger partial charge on any atom is -0.495 e. The molecule has 1 aliphatic rings. The van der Waals surface area contributed by atoms with Crippen LogP contribution >= 0.6 is 12.2 Å². The van der Waals surface area contributed by atoms with Gasteiger partial charge in [0.2, 0.25) is 0 Å². The van der Waals surface area contributed by atoms with Crippen molar-refractivity contribution < 1.29 is 4.74 Å². The summed E-state index contributed by atoms with van der Waals surface area (Å²) in [6, 6.07) is 20.0. The van der Waals surface area contributed by atoms with Crippen molar-refractivity contribution in [1.29, 1.82) is 0 Å². The number of methoxy groups -OCH3 is 1. The van der Waals surface area contributed by atoms with Crippen molar-refractivity contribution in [2.45, 2.75) is 25.9 Å². The number of aryl methyl sites for hydroxylation is 1. The van der Waals surface area contributed by atoms with Crippen molar-refractivity contribution in [2.75, 3.05) is 12.0 Å². The highest BCUT2D eigenvalue weighted by molar-refractivity contribution is 7.80. The predicted molar refractivity (Wildman–Crippen MR) is 134 cm³/mol. The zero-order chi connectivity index (χ0) is 22.9. The highest BCUT2D eigenvalue weighted by Crippen LogP contribution is 2.45. The summed E-state index contributed by atoms with van der Waals surface area (Å²) in [6.45, 7) is 4.26. The molecule has 7 heteroatoms. The lowest BCUT2D eigenvalue weighted by Crippen LogP contribution is -2.30. The van der Waals surface area contributed by atoms with Crippen LogP contribution in [0.2, 0.25) is 0 Å². The van der Waals surface area contributed by atoms with Gasteiger partial charge in [0.05, 0.1) is 42.5 Å². The second-order valence-electron chi connectivity index (χ2n) is 8.04. The second kappa shape index (κ2) is 8.67. The van der Waals surface area contributed by atoms with E-state index in [1.165, 1.54) is 5.56 Å². The van der Waals surface area contributed by atoms with Crippen LogP contribution in [0.1, 0.15) is 34.7 Å². The van der Waals surface area contributed by atoms with E-state index in [1.54, 1.807) is 13.3 Å². The summed E-state index contributed by atoms with van der Waals surface area (Å²) in [5, 5.41) is 4.18. The van der Waals surface area contributed by atoms with Crippen LogP contribution in [-0.4, -0.2) is 26.8 Å². The van der Waals surface area contributed by atoms with Crippen LogP contribution in [0.25, 0.3) is 5.69 Å². The number of benzene rings is 1. The molecule has 0 bridgehead atoms. The predicted octanol–water partition coefficient (Wildman–Crippen LogP) is 5.07. The number of thiocarbonyl (C=S) groups is 1. The van der Waals surface area contributed by atoms with Crippen LogP contribution < -0.4 is 15.0 Å². The Morgan fingerprint density at radius 3 is 2.55 bits per heavy atom. The van der Waals surface area contributed by atoms with Crippen LogP contribution in [0.15, 0.2) is 79.3 Å². The molecule has 0 spiro atoms. The van der Waals surface area contributed by atoms with E-state index in [0.29, 0.717) is 5.11 Å². The lowest BCUT2D eigenvalue weighted by Gasteiger charge is -2.29. The van der Waals surface area contributed by atoms with Gasteiger partial charge in [-0.05, 0) is 74.1 Å². The summed E-state index contributed by atoms with van der Waals surface area (Å²) >= 11 is 5.88. The Labute approximate surface area is 198 Å². The minimum absolute atomic E-state index is 0.111. The Balaban J connectivity index is 1.71. The van der Waals surface area contributed by atoms with E-state index in [4.69, 9.17) is 17.0 Å². The number of aromatic nitrogens is 3. The van der Waals surface area contributed by atoms with Gasteiger partial charge in [0.1, 0.15) is 5.75 Å². The maximum absolute atomic E-state index is 5.88. The van der Waals surface area contributed by atoms with E-state index in [2.05, 4.69) is 50.7 Å². The molecule has 3 aromatic heterocycles. The number of nitrogens with one attached hydrogen (secondary N) is 1. The molecule has 0 unspecified atom stereocenters. The van der Waals surface area contributed by atoms with Crippen molar-refractivity contribution in [1.82, 2.24) is 19.9 Å². The maximum atomic E-state index is 5.88. The van der Waals surface area contributed by atoms with Gasteiger partial charge < -0.3 is 19.5 Å². The first-order chi connectivity index (χ1) is 16.1. The fourth-order valence-corrected chi connectivity index (χ4v) is 5.07. The van der Waals surface area contributed by atoms with Crippen molar-refractivity contribution >= 4 is 23.0 Å². The van der Waals surface area contributed by atoms with E-state index in [9.17, 15) is 0 Å². The first-order valence-corrected chi connectivity index (χ1v) is 11.2. The normalized spacial score (nSPS) is 17.8. The number of rotatable bonds is 5. The number of pyridine rings is 2. The molecule has 0 saturated carbocycles. The zero-order valence-electron chi connectivity index (χ0n) is 18.8. The highest BCUT2D eigenvalue weighted by atomic mass is 32.1. The van der Waals surface area contributed by atoms with Gasteiger partial charge >= 0.3 is 0 Å². The van der Waals surface area contributed by atoms with Crippen LogP contribution in [0.5, 0.6) is 5.75 Å². The minimum atomic E-state index is -0.119. The fourth-order valence-electron chi connectivity index (χ4n) is 4.73. The molecule has 1 fully saturated rings. The second-order valence-corrected chi connectivity index (χ2v) is 8.43. The van der Waals surface area contributed by atoms with Gasteiger partial charge in [-0.25, -0.2) is 0 Å². The Hall–Kier alpha value is -3.71. The lowest BCUT2D eigenvalue weighted by molar-refractivity contribution is 0.414. The van der Waals surface area contributed by atoms with Crippen molar-refractivity contribution in [2.24, 2.45) is 0 Å².